The van der Waals surface area contributed by atoms with Crippen molar-refractivity contribution in [2.75, 3.05) is 6.61 Å². The molecule has 0 aliphatic rings. The minimum absolute atomic E-state index is 0.0357. The maximum atomic E-state index is 9.81. The summed E-state index contributed by atoms with van der Waals surface area (Å²) in [5, 5.41) is 18.6. The molecule has 0 radical (unpaired) electrons. The molecular weight excluding hydrogens is 178 g/mol. The van der Waals surface area contributed by atoms with Crippen LogP contribution in [0.2, 0.25) is 0 Å². The van der Waals surface area contributed by atoms with E-state index in [1.54, 1.807) is 0 Å². The van der Waals surface area contributed by atoms with Crippen LogP contribution in [0.15, 0.2) is 12.1 Å². The number of phenols is 1. The third-order valence-electron chi connectivity index (χ3n) is 2.45. The Morgan fingerprint density at radius 2 is 1.86 bits per heavy atom. The summed E-state index contributed by atoms with van der Waals surface area (Å²) in [5.74, 6) is 0.256. The Balaban J connectivity index is 3.11. The van der Waals surface area contributed by atoms with Gasteiger partial charge in [-0.1, -0.05) is 12.1 Å². The van der Waals surface area contributed by atoms with Gasteiger partial charge in [-0.25, -0.2) is 0 Å². The molecule has 0 aromatic heterocycles. The number of aryl methyl sites for hydroxylation is 2. The second kappa shape index (κ2) is 4.44. The zero-order chi connectivity index (χ0) is 10.7. The molecule has 1 atom stereocenters. The number of aliphatic hydroxyl groups is 1. The molecule has 3 heteroatoms. The van der Waals surface area contributed by atoms with Crippen LogP contribution in [0, 0.1) is 13.8 Å². The molecular formula is C11H17NO2. The molecule has 0 bridgehead atoms. The molecule has 0 spiro atoms. The molecule has 0 aliphatic carbocycles. The van der Waals surface area contributed by atoms with Gasteiger partial charge in [-0.15, -0.1) is 0 Å². The quantitative estimate of drug-likeness (QED) is 0.682. The third-order valence-corrected chi connectivity index (χ3v) is 2.45. The number of hydrogen-bond donors (Lipinski definition) is 3. The lowest BCUT2D eigenvalue weighted by Gasteiger charge is -2.16. The van der Waals surface area contributed by atoms with Crippen molar-refractivity contribution in [3.63, 3.8) is 0 Å². The van der Waals surface area contributed by atoms with Crippen molar-refractivity contribution in [1.29, 1.82) is 0 Å². The summed E-state index contributed by atoms with van der Waals surface area (Å²) < 4.78 is 0. The van der Waals surface area contributed by atoms with Gasteiger partial charge < -0.3 is 15.9 Å². The fourth-order valence-corrected chi connectivity index (χ4v) is 1.57. The fraction of sp³-hybridized carbons (Fsp3) is 0.455. The summed E-state index contributed by atoms with van der Waals surface area (Å²) in [7, 11) is 0. The minimum atomic E-state index is -0.292. The number of hydrogen-bond acceptors (Lipinski definition) is 3. The lowest BCUT2D eigenvalue weighted by atomic mass is 9.96. The predicted molar refractivity (Wildman–Crippen MR) is 56.2 cm³/mol. The van der Waals surface area contributed by atoms with Gasteiger partial charge in [0.2, 0.25) is 0 Å². The zero-order valence-electron chi connectivity index (χ0n) is 8.62. The van der Waals surface area contributed by atoms with Crippen LogP contribution in [-0.2, 0) is 0 Å². The van der Waals surface area contributed by atoms with Crippen LogP contribution in [0.3, 0.4) is 0 Å². The highest BCUT2D eigenvalue weighted by molar-refractivity contribution is 5.46. The molecule has 0 aliphatic heterocycles. The van der Waals surface area contributed by atoms with Crippen molar-refractivity contribution in [1.82, 2.24) is 0 Å². The Morgan fingerprint density at radius 1 is 1.29 bits per heavy atom. The fourth-order valence-electron chi connectivity index (χ4n) is 1.57. The minimum Gasteiger partial charge on any atom is -0.507 e. The van der Waals surface area contributed by atoms with Crippen molar-refractivity contribution in [2.45, 2.75) is 26.3 Å². The molecule has 4 N–H and O–H groups in total. The van der Waals surface area contributed by atoms with E-state index in [1.807, 2.05) is 26.0 Å². The number of nitrogens with two attached hydrogens (primary N) is 1. The van der Waals surface area contributed by atoms with Crippen LogP contribution >= 0.6 is 0 Å². The predicted octanol–water partition coefficient (Wildman–Crippen LogP) is 1.39. The Hall–Kier alpha value is -1.06. The van der Waals surface area contributed by atoms with Crippen molar-refractivity contribution < 1.29 is 10.2 Å². The van der Waals surface area contributed by atoms with Crippen LogP contribution in [-0.4, -0.2) is 16.8 Å². The van der Waals surface area contributed by atoms with E-state index in [9.17, 15) is 5.11 Å². The molecule has 0 heterocycles. The van der Waals surface area contributed by atoms with Crippen LogP contribution in [0.5, 0.6) is 5.75 Å². The van der Waals surface area contributed by atoms with E-state index >= 15 is 0 Å². The van der Waals surface area contributed by atoms with Gasteiger partial charge in [0.25, 0.3) is 0 Å². The SMILES string of the molecule is Cc1ccc(C)c([C@@H](N)CCO)c1O. The molecule has 1 rings (SSSR count). The number of aromatic hydroxyl groups is 1. The smallest absolute Gasteiger partial charge is 0.123 e. The summed E-state index contributed by atoms with van der Waals surface area (Å²) >= 11 is 0. The molecule has 0 fully saturated rings. The van der Waals surface area contributed by atoms with Crippen LogP contribution in [0.4, 0.5) is 0 Å². The van der Waals surface area contributed by atoms with Crippen LogP contribution in [0.1, 0.15) is 29.2 Å². The van der Waals surface area contributed by atoms with Crippen molar-refractivity contribution in [2.24, 2.45) is 5.73 Å². The molecule has 0 saturated heterocycles. The largest absolute Gasteiger partial charge is 0.507 e. The van der Waals surface area contributed by atoms with E-state index in [-0.39, 0.29) is 18.4 Å². The lowest BCUT2D eigenvalue weighted by molar-refractivity contribution is 0.275. The van der Waals surface area contributed by atoms with Gasteiger partial charge in [-0.05, 0) is 31.4 Å². The number of rotatable bonds is 3. The van der Waals surface area contributed by atoms with E-state index < -0.39 is 0 Å². The standard InChI is InChI=1S/C11H17NO2/c1-7-3-4-8(2)11(14)10(7)9(12)5-6-13/h3-4,9,13-14H,5-6,12H2,1-2H3/t9-/m0/s1. The number of phenolic OH excluding ortho intramolecular Hbond substituents is 1. The summed E-state index contributed by atoms with van der Waals surface area (Å²) in [6.07, 6.45) is 0.470. The Labute approximate surface area is 84.2 Å². The topological polar surface area (TPSA) is 66.5 Å². The molecule has 3 nitrogen and oxygen atoms in total. The van der Waals surface area contributed by atoms with Gasteiger partial charge in [0.1, 0.15) is 5.75 Å². The molecule has 0 amide bonds. The van der Waals surface area contributed by atoms with E-state index in [2.05, 4.69) is 0 Å². The second-order valence-electron chi connectivity index (χ2n) is 3.58. The Morgan fingerprint density at radius 3 is 2.43 bits per heavy atom. The van der Waals surface area contributed by atoms with Crippen molar-refractivity contribution >= 4 is 0 Å². The monoisotopic (exact) mass is 195 g/mol. The zero-order valence-corrected chi connectivity index (χ0v) is 8.62. The van der Waals surface area contributed by atoms with E-state index in [4.69, 9.17) is 10.8 Å². The van der Waals surface area contributed by atoms with Gasteiger partial charge in [0.05, 0.1) is 0 Å². The van der Waals surface area contributed by atoms with E-state index in [0.29, 0.717) is 6.42 Å². The maximum absolute atomic E-state index is 9.81. The normalized spacial score (nSPS) is 12.9. The second-order valence-corrected chi connectivity index (χ2v) is 3.58. The number of benzene rings is 1. The van der Waals surface area contributed by atoms with Gasteiger partial charge in [0.15, 0.2) is 0 Å². The third kappa shape index (κ3) is 2.05. The molecule has 78 valence electrons. The first-order chi connectivity index (χ1) is 6.57. The number of aliphatic hydroxyl groups excluding tert-OH is 1. The van der Waals surface area contributed by atoms with Gasteiger partial charge >= 0.3 is 0 Å². The van der Waals surface area contributed by atoms with E-state index in [0.717, 1.165) is 16.7 Å². The summed E-state index contributed by atoms with van der Waals surface area (Å²) in [6.45, 7) is 3.78. The first kappa shape index (κ1) is 11.0. The Bertz CT molecular complexity index is 323. The van der Waals surface area contributed by atoms with Gasteiger partial charge in [0, 0.05) is 18.2 Å². The van der Waals surface area contributed by atoms with E-state index in [1.165, 1.54) is 0 Å². The highest BCUT2D eigenvalue weighted by Crippen LogP contribution is 2.30. The van der Waals surface area contributed by atoms with Crippen LogP contribution in [0.25, 0.3) is 0 Å². The summed E-state index contributed by atoms with van der Waals surface area (Å²) in [6, 6.07) is 3.50. The highest BCUT2D eigenvalue weighted by atomic mass is 16.3. The highest BCUT2D eigenvalue weighted by Gasteiger charge is 2.14. The average molecular weight is 195 g/mol. The Kier molecular flexibility index (Phi) is 3.49. The lowest BCUT2D eigenvalue weighted by Crippen LogP contribution is -2.13. The van der Waals surface area contributed by atoms with Gasteiger partial charge in [-0.2, -0.15) is 0 Å². The molecule has 0 unspecified atom stereocenters. The van der Waals surface area contributed by atoms with Crippen molar-refractivity contribution in [3.8, 4) is 5.75 Å². The molecule has 1 aromatic carbocycles. The molecule has 0 saturated carbocycles. The van der Waals surface area contributed by atoms with Crippen molar-refractivity contribution in [3.05, 3.63) is 28.8 Å². The van der Waals surface area contributed by atoms with Crippen LogP contribution < -0.4 is 5.73 Å². The molecule has 1 aromatic rings. The maximum Gasteiger partial charge on any atom is 0.123 e. The summed E-state index contributed by atoms with van der Waals surface area (Å²) in [5.41, 5.74) is 8.39. The molecule has 14 heavy (non-hydrogen) atoms. The summed E-state index contributed by atoms with van der Waals surface area (Å²) in [4.78, 5) is 0. The first-order valence-corrected chi connectivity index (χ1v) is 4.73. The van der Waals surface area contributed by atoms with Gasteiger partial charge in [-0.3, -0.25) is 0 Å². The first-order valence-electron chi connectivity index (χ1n) is 4.73. The average Bonchev–Trinajstić information content (AvgIpc) is 2.13.